The fraction of sp³-hybridized carbons (Fsp3) is 0.636. The Morgan fingerprint density at radius 1 is 1.40 bits per heavy atom. The Bertz CT molecular complexity index is 324. The number of hydrogen-bond donors (Lipinski definition) is 1. The third-order valence-corrected chi connectivity index (χ3v) is 2.71. The number of rotatable bonds is 4. The Kier molecular flexibility index (Phi) is 3.88. The van der Waals surface area contributed by atoms with Crippen molar-refractivity contribution in [3.05, 3.63) is 11.9 Å². The van der Waals surface area contributed by atoms with Gasteiger partial charge >= 0.3 is 0 Å². The highest BCUT2D eigenvalue weighted by Crippen LogP contribution is 2.16. The average Bonchev–Trinajstić information content (AvgIpc) is 2.26. The first kappa shape index (κ1) is 11.8. The molecule has 0 fully saturated rings. The van der Waals surface area contributed by atoms with E-state index in [1.807, 2.05) is 20.0 Å². The summed E-state index contributed by atoms with van der Waals surface area (Å²) in [6, 6.07) is 2.29. The molecule has 0 aliphatic heterocycles. The minimum Gasteiger partial charge on any atom is -0.384 e. The standard InChI is InChI=1S/C11H20N4/c1-5-8(3)15(4)11-7-9(12)13-10(6-2)14-11/h7-8H,5-6H2,1-4H3,(H2,12,13,14). The van der Waals surface area contributed by atoms with E-state index >= 15 is 0 Å². The third-order valence-electron chi connectivity index (χ3n) is 2.71. The zero-order chi connectivity index (χ0) is 11.4. The number of aryl methyl sites for hydroxylation is 1. The Morgan fingerprint density at radius 3 is 2.60 bits per heavy atom. The van der Waals surface area contributed by atoms with E-state index in [1.54, 1.807) is 0 Å². The molecule has 2 N–H and O–H groups in total. The van der Waals surface area contributed by atoms with Gasteiger partial charge in [0.25, 0.3) is 0 Å². The molecule has 1 rings (SSSR count). The van der Waals surface area contributed by atoms with E-state index < -0.39 is 0 Å². The smallest absolute Gasteiger partial charge is 0.134 e. The van der Waals surface area contributed by atoms with Gasteiger partial charge in [-0.15, -0.1) is 0 Å². The summed E-state index contributed by atoms with van der Waals surface area (Å²) in [6.45, 7) is 6.36. The van der Waals surface area contributed by atoms with E-state index in [0.717, 1.165) is 24.5 Å². The number of nitrogen functional groups attached to an aromatic ring is 1. The molecule has 4 heteroatoms. The SMILES string of the molecule is CCc1nc(N)cc(N(C)C(C)CC)n1. The number of hydrogen-bond acceptors (Lipinski definition) is 4. The molecule has 0 saturated heterocycles. The van der Waals surface area contributed by atoms with E-state index in [9.17, 15) is 0 Å². The summed E-state index contributed by atoms with van der Waals surface area (Å²) in [7, 11) is 2.04. The van der Waals surface area contributed by atoms with Crippen LogP contribution in [0.2, 0.25) is 0 Å². The second-order valence-electron chi connectivity index (χ2n) is 3.79. The molecule has 0 aromatic carbocycles. The number of nitrogens with zero attached hydrogens (tertiary/aromatic N) is 3. The van der Waals surface area contributed by atoms with Crippen LogP contribution in [0.5, 0.6) is 0 Å². The van der Waals surface area contributed by atoms with Crippen molar-refractivity contribution in [1.29, 1.82) is 0 Å². The molecule has 1 aromatic rings. The lowest BCUT2D eigenvalue weighted by molar-refractivity contribution is 0.654. The number of nitrogens with two attached hydrogens (primary N) is 1. The molecule has 4 nitrogen and oxygen atoms in total. The zero-order valence-corrected chi connectivity index (χ0v) is 9.99. The fourth-order valence-corrected chi connectivity index (χ4v) is 1.34. The maximum Gasteiger partial charge on any atom is 0.134 e. The van der Waals surface area contributed by atoms with E-state index in [0.29, 0.717) is 11.9 Å². The summed E-state index contributed by atoms with van der Waals surface area (Å²) >= 11 is 0. The third kappa shape index (κ3) is 2.81. The van der Waals surface area contributed by atoms with Gasteiger partial charge in [0.15, 0.2) is 0 Å². The molecule has 0 radical (unpaired) electrons. The van der Waals surface area contributed by atoms with Crippen LogP contribution < -0.4 is 10.6 Å². The van der Waals surface area contributed by atoms with Gasteiger partial charge in [0.05, 0.1) is 0 Å². The quantitative estimate of drug-likeness (QED) is 0.820. The van der Waals surface area contributed by atoms with Crippen LogP contribution >= 0.6 is 0 Å². The maximum absolute atomic E-state index is 5.74. The summed E-state index contributed by atoms with van der Waals surface area (Å²) in [5.41, 5.74) is 5.74. The van der Waals surface area contributed by atoms with Crippen molar-refractivity contribution in [3.63, 3.8) is 0 Å². The molecule has 1 atom stereocenters. The normalized spacial score (nSPS) is 12.5. The average molecular weight is 208 g/mol. The predicted molar refractivity (Wildman–Crippen MR) is 64.0 cm³/mol. The van der Waals surface area contributed by atoms with Crippen LogP contribution in [0.4, 0.5) is 11.6 Å². The van der Waals surface area contributed by atoms with Crippen LogP contribution in [0.1, 0.15) is 33.0 Å². The van der Waals surface area contributed by atoms with Crippen molar-refractivity contribution in [3.8, 4) is 0 Å². The van der Waals surface area contributed by atoms with Gasteiger partial charge in [-0.2, -0.15) is 0 Å². The van der Waals surface area contributed by atoms with E-state index in [1.165, 1.54) is 0 Å². The van der Waals surface area contributed by atoms with E-state index in [2.05, 4.69) is 28.7 Å². The molecule has 0 aliphatic carbocycles. The van der Waals surface area contributed by atoms with Crippen LogP contribution in [-0.4, -0.2) is 23.1 Å². The lowest BCUT2D eigenvalue weighted by atomic mass is 10.2. The molecule has 0 bridgehead atoms. The summed E-state index contributed by atoms with van der Waals surface area (Å²) < 4.78 is 0. The van der Waals surface area contributed by atoms with Gasteiger partial charge in [-0.05, 0) is 13.3 Å². The van der Waals surface area contributed by atoms with Gasteiger partial charge in [0.2, 0.25) is 0 Å². The highest BCUT2D eigenvalue weighted by Gasteiger charge is 2.10. The Morgan fingerprint density at radius 2 is 2.07 bits per heavy atom. The monoisotopic (exact) mass is 208 g/mol. The lowest BCUT2D eigenvalue weighted by Crippen LogP contribution is -2.29. The Labute approximate surface area is 91.5 Å². The topological polar surface area (TPSA) is 55.0 Å². The Hall–Kier alpha value is -1.32. The van der Waals surface area contributed by atoms with Crippen molar-refractivity contribution >= 4 is 11.6 Å². The fourth-order valence-electron chi connectivity index (χ4n) is 1.34. The summed E-state index contributed by atoms with van der Waals surface area (Å²) in [6.07, 6.45) is 1.90. The largest absolute Gasteiger partial charge is 0.384 e. The molecule has 0 spiro atoms. The minimum absolute atomic E-state index is 0.462. The van der Waals surface area contributed by atoms with E-state index in [4.69, 9.17) is 5.73 Å². The summed E-state index contributed by atoms with van der Waals surface area (Å²) in [5.74, 6) is 2.26. The van der Waals surface area contributed by atoms with Crippen molar-refractivity contribution in [2.75, 3.05) is 17.7 Å². The first-order valence-corrected chi connectivity index (χ1v) is 5.44. The zero-order valence-electron chi connectivity index (χ0n) is 9.99. The molecule has 1 heterocycles. The van der Waals surface area contributed by atoms with Crippen LogP contribution in [-0.2, 0) is 6.42 Å². The minimum atomic E-state index is 0.462. The van der Waals surface area contributed by atoms with Crippen LogP contribution in [0.15, 0.2) is 6.07 Å². The maximum atomic E-state index is 5.74. The first-order chi connectivity index (χ1) is 7.08. The molecule has 15 heavy (non-hydrogen) atoms. The van der Waals surface area contributed by atoms with Gasteiger partial charge < -0.3 is 10.6 Å². The van der Waals surface area contributed by atoms with Crippen LogP contribution in [0.3, 0.4) is 0 Å². The van der Waals surface area contributed by atoms with Crippen LogP contribution in [0.25, 0.3) is 0 Å². The summed E-state index contributed by atoms with van der Waals surface area (Å²) in [4.78, 5) is 10.8. The summed E-state index contributed by atoms with van der Waals surface area (Å²) in [5, 5.41) is 0. The lowest BCUT2D eigenvalue weighted by Gasteiger charge is -2.25. The molecular formula is C11H20N4. The molecule has 1 unspecified atom stereocenters. The highest BCUT2D eigenvalue weighted by molar-refractivity contribution is 5.47. The number of aromatic nitrogens is 2. The van der Waals surface area contributed by atoms with Gasteiger partial charge in [0.1, 0.15) is 17.5 Å². The van der Waals surface area contributed by atoms with Gasteiger partial charge in [-0.25, -0.2) is 9.97 Å². The molecule has 1 aromatic heterocycles. The van der Waals surface area contributed by atoms with Crippen molar-refractivity contribution in [2.24, 2.45) is 0 Å². The molecule has 0 amide bonds. The second kappa shape index (κ2) is 4.96. The Balaban J connectivity index is 2.97. The predicted octanol–water partition coefficient (Wildman–Crippen LogP) is 1.86. The first-order valence-electron chi connectivity index (χ1n) is 5.44. The van der Waals surface area contributed by atoms with Crippen molar-refractivity contribution < 1.29 is 0 Å². The van der Waals surface area contributed by atoms with Crippen molar-refractivity contribution in [2.45, 2.75) is 39.7 Å². The highest BCUT2D eigenvalue weighted by atomic mass is 15.2. The molecular weight excluding hydrogens is 188 g/mol. The number of anilines is 2. The second-order valence-corrected chi connectivity index (χ2v) is 3.79. The van der Waals surface area contributed by atoms with Gasteiger partial charge in [-0.1, -0.05) is 13.8 Å². The molecule has 0 saturated carbocycles. The molecule has 0 aliphatic rings. The van der Waals surface area contributed by atoms with Gasteiger partial charge in [-0.3, -0.25) is 0 Å². The van der Waals surface area contributed by atoms with Gasteiger partial charge in [0, 0.05) is 25.6 Å². The van der Waals surface area contributed by atoms with Crippen LogP contribution in [0, 0.1) is 0 Å². The molecule has 84 valence electrons. The van der Waals surface area contributed by atoms with Crippen molar-refractivity contribution in [1.82, 2.24) is 9.97 Å². The van der Waals surface area contributed by atoms with E-state index in [-0.39, 0.29) is 0 Å².